The zero-order valence-electron chi connectivity index (χ0n) is 12.1. The molecular weight excluding hydrogens is 284 g/mol. The van der Waals surface area contributed by atoms with E-state index in [1.54, 1.807) is 12.3 Å². The van der Waals surface area contributed by atoms with E-state index < -0.39 is 0 Å². The standard InChI is InChI=1S/C16H18N2O4/c19-16(12-4-7-20-9-12)18-14-5-8-21-11-15(14)22-10-13-3-1-2-6-17-13/h1-4,6-7,9,14-15H,5,8,10-11H2,(H,18,19)/t14-,15-/m1/s1. The molecule has 0 saturated carbocycles. The Morgan fingerprint density at radius 1 is 1.41 bits per heavy atom. The van der Waals surface area contributed by atoms with Gasteiger partial charge >= 0.3 is 0 Å². The summed E-state index contributed by atoms with van der Waals surface area (Å²) in [6, 6.07) is 7.24. The third-order valence-corrected chi connectivity index (χ3v) is 3.58. The fraction of sp³-hybridized carbons (Fsp3) is 0.375. The maximum Gasteiger partial charge on any atom is 0.254 e. The molecule has 3 rings (SSSR count). The highest BCUT2D eigenvalue weighted by Crippen LogP contribution is 2.14. The largest absolute Gasteiger partial charge is 0.472 e. The van der Waals surface area contributed by atoms with E-state index in [9.17, 15) is 4.79 Å². The maximum atomic E-state index is 12.1. The molecule has 0 radical (unpaired) electrons. The van der Waals surface area contributed by atoms with Crippen LogP contribution in [0.15, 0.2) is 47.4 Å². The van der Waals surface area contributed by atoms with Gasteiger partial charge in [0.15, 0.2) is 0 Å². The van der Waals surface area contributed by atoms with Crippen LogP contribution >= 0.6 is 0 Å². The third kappa shape index (κ3) is 3.72. The molecule has 22 heavy (non-hydrogen) atoms. The van der Waals surface area contributed by atoms with Gasteiger partial charge in [0, 0.05) is 12.8 Å². The van der Waals surface area contributed by atoms with Crippen LogP contribution in [-0.2, 0) is 16.1 Å². The third-order valence-electron chi connectivity index (χ3n) is 3.58. The summed E-state index contributed by atoms with van der Waals surface area (Å²) in [6.07, 6.45) is 5.17. The molecule has 0 spiro atoms. The van der Waals surface area contributed by atoms with Crippen LogP contribution in [0.2, 0.25) is 0 Å². The Balaban J connectivity index is 1.57. The van der Waals surface area contributed by atoms with Crippen molar-refractivity contribution in [2.75, 3.05) is 13.2 Å². The molecule has 1 N–H and O–H groups in total. The molecule has 1 aliphatic rings. The van der Waals surface area contributed by atoms with Crippen molar-refractivity contribution >= 4 is 5.91 Å². The van der Waals surface area contributed by atoms with Crippen molar-refractivity contribution in [3.63, 3.8) is 0 Å². The summed E-state index contributed by atoms with van der Waals surface area (Å²) in [6.45, 7) is 1.47. The average molecular weight is 302 g/mol. The second-order valence-electron chi connectivity index (χ2n) is 5.13. The Labute approximate surface area is 128 Å². The minimum absolute atomic E-state index is 0.0835. The molecule has 3 heterocycles. The van der Waals surface area contributed by atoms with Crippen LogP contribution in [0, 0.1) is 0 Å². The molecule has 6 nitrogen and oxygen atoms in total. The van der Waals surface area contributed by atoms with Crippen LogP contribution in [-0.4, -0.2) is 36.3 Å². The van der Waals surface area contributed by atoms with E-state index in [0.717, 1.165) is 12.1 Å². The highest BCUT2D eigenvalue weighted by Gasteiger charge is 2.28. The molecule has 1 saturated heterocycles. The molecular formula is C16H18N2O4. The van der Waals surface area contributed by atoms with Gasteiger partial charge in [0.25, 0.3) is 5.91 Å². The van der Waals surface area contributed by atoms with Crippen LogP contribution < -0.4 is 5.32 Å². The SMILES string of the molecule is O=C(N[C@@H]1CCOC[C@H]1OCc1ccccn1)c1ccoc1. The van der Waals surface area contributed by atoms with Crippen LogP contribution in [0.3, 0.4) is 0 Å². The molecule has 1 aliphatic heterocycles. The fourth-order valence-corrected chi connectivity index (χ4v) is 2.36. The summed E-state index contributed by atoms with van der Waals surface area (Å²) in [5.74, 6) is -0.160. The first-order valence-corrected chi connectivity index (χ1v) is 7.25. The Morgan fingerprint density at radius 3 is 3.14 bits per heavy atom. The second-order valence-corrected chi connectivity index (χ2v) is 5.13. The Kier molecular flexibility index (Phi) is 4.82. The zero-order chi connectivity index (χ0) is 15.2. The van der Waals surface area contributed by atoms with Gasteiger partial charge in [0.1, 0.15) is 12.4 Å². The van der Waals surface area contributed by atoms with Gasteiger partial charge in [-0.2, -0.15) is 0 Å². The summed E-state index contributed by atoms with van der Waals surface area (Å²) in [5.41, 5.74) is 1.36. The van der Waals surface area contributed by atoms with Gasteiger partial charge in [-0.05, 0) is 24.6 Å². The van der Waals surface area contributed by atoms with E-state index in [2.05, 4.69) is 10.3 Å². The number of pyridine rings is 1. The quantitative estimate of drug-likeness (QED) is 0.911. The monoisotopic (exact) mass is 302 g/mol. The van der Waals surface area contributed by atoms with Crippen molar-refractivity contribution in [2.24, 2.45) is 0 Å². The van der Waals surface area contributed by atoms with E-state index >= 15 is 0 Å². The van der Waals surface area contributed by atoms with Gasteiger partial charge in [0.05, 0.1) is 36.8 Å². The van der Waals surface area contributed by atoms with Crippen molar-refractivity contribution in [3.05, 3.63) is 54.2 Å². The molecule has 0 bridgehead atoms. The summed E-state index contributed by atoms with van der Waals surface area (Å²) in [4.78, 5) is 16.3. The van der Waals surface area contributed by atoms with E-state index in [1.807, 2.05) is 18.2 Å². The van der Waals surface area contributed by atoms with Gasteiger partial charge in [-0.3, -0.25) is 9.78 Å². The molecule has 0 aliphatic carbocycles. The number of aromatic nitrogens is 1. The molecule has 0 aromatic carbocycles. The van der Waals surface area contributed by atoms with Crippen molar-refractivity contribution in [1.82, 2.24) is 10.3 Å². The Morgan fingerprint density at radius 2 is 2.36 bits per heavy atom. The molecule has 116 valence electrons. The summed E-state index contributed by atoms with van der Waals surface area (Å²) < 4.78 is 16.3. The maximum absolute atomic E-state index is 12.1. The highest BCUT2D eigenvalue weighted by molar-refractivity contribution is 5.94. The number of hydrogen-bond donors (Lipinski definition) is 1. The molecule has 1 fully saturated rings. The number of nitrogens with one attached hydrogen (secondary N) is 1. The fourth-order valence-electron chi connectivity index (χ4n) is 2.36. The van der Waals surface area contributed by atoms with Gasteiger partial charge in [-0.1, -0.05) is 6.07 Å². The first-order chi connectivity index (χ1) is 10.8. The van der Waals surface area contributed by atoms with Crippen molar-refractivity contribution in [3.8, 4) is 0 Å². The molecule has 6 heteroatoms. The predicted octanol–water partition coefficient (Wildman–Crippen LogP) is 1.78. The average Bonchev–Trinajstić information content (AvgIpc) is 3.10. The Bertz CT molecular complexity index is 585. The lowest BCUT2D eigenvalue weighted by Gasteiger charge is -2.31. The number of hydrogen-bond acceptors (Lipinski definition) is 5. The van der Waals surface area contributed by atoms with Crippen molar-refractivity contribution in [1.29, 1.82) is 0 Å². The van der Waals surface area contributed by atoms with Crippen LogP contribution in [0.1, 0.15) is 22.5 Å². The number of amides is 1. The van der Waals surface area contributed by atoms with Crippen molar-refractivity contribution in [2.45, 2.75) is 25.2 Å². The number of ether oxygens (including phenoxy) is 2. The van der Waals surface area contributed by atoms with E-state index in [0.29, 0.717) is 25.4 Å². The number of carbonyl (C=O) groups excluding carboxylic acids is 1. The number of rotatable bonds is 5. The lowest BCUT2D eigenvalue weighted by molar-refractivity contribution is -0.0743. The lowest BCUT2D eigenvalue weighted by atomic mass is 10.1. The van der Waals surface area contributed by atoms with Gasteiger partial charge in [0.2, 0.25) is 0 Å². The normalized spacial score (nSPS) is 21.5. The summed E-state index contributed by atoms with van der Waals surface area (Å²) in [5, 5.41) is 2.98. The zero-order valence-corrected chi connectivity index (χ0v) is 12.1. The first kappa shape index (κ1) is 14.7. The van der Waals surface area contributed by atoms with E-state index in [-0.39, 0.29) is 18.1 Å². The smallest absolute Gasteiger partial charge is 0.254 e. The van der Waals surface area contributed by atoms with Gasteiger partial charge < -0.3 is 19.2 Å². The molecule has 1 amide bonds. The van der Waals surface area contributed by atoms with Gasteiger partial charge in [-0.25, -0.2) is 0 Å². The highest BCUT2D eigenvalue weighted by atomic mass is 16.5. The molecule has 2 aromatic heterocycles. The van der Waals surface area contributed by atoms with Gasteiger partial charge in [-0.15, -0.1) is 0 Å². The minimum atomic E-state index is -0.188. The summed E-state index contributed by atoms with van der Waals surface area (Å²) in [7, 11) is 0. The van der Waals surface area contributed by atoms with E-state index in [1.165, 1.54) is 12.5 Å². The minimum Gasteiger partial charge on any atom is -0.472 e. The predicted molar refractivity (Wildman–Crippen MR) is 78.2 cm³/mol. The van der Waals surface area contributed by atoms with Crippen molar-refractivity contribution < 1.29 is 18.7 Å². The van der Waals surface area contributed by atoms with Crippen LogP contribution in [0.25, 0.3) is 0 Å². The summed E-state index contributed by atoms with van der Waals surface area (Å²) >= 11 is 0. The second kappa shape index (κ2) is 7.20. The number of carbonyl (C=O) groups is 1. The van der Waals surface area contributed by atoms with Crippen LogP contribution in [0.5, 0.6) is 0 Å². The van der Waals surface area contributed by atoms with E-state index in [4.69, 9.17) is 13.9 Å². The number of furan rings is 1. The lowest BCUT2D eigenvalue weighted by Crippen LogP contribution is -2.49. The molecule has 2 atom stereocenters. The number of nitrogens with zero attached hydrogens (tertiary/aromatic N) is 1. The first-order valence-electron chi connectivity index (χ1n) is 7.25. The molecule has 0 unspecified atom stereocenters. The topological polar surface area (TPSA) is 73.6 Å². The Hall–Kier alpha value is -2.18. The molecule has 2 aromatic rings. The van der Waals surface area contributed by atoms with Crippen LogP contribution in [0.4, 0.5) is 0 Å².